The zero-order valence-corrected chi connectivity index (χ0v) is 24.2. The summed E-state index contributed by atoms with van der Waals surface area (Å²) in [5, 5.41) is 8.85. The maximum absolute atomic E-state index is 14.8. The molecule has 1 aliphatic carbocycles. The molecule has 5 rings (SSSR count). The molecule has 0 amide bonds. The third-order valence-corrected chi connectivity index (χ3v) is 8.76. The average molecular weight is 616 g/mol. The standard InChI is InChI=1S/C28H28Br2N2O4/c1-25(2,3)27-19(21(31-35-27)15-7-11-17(29)12-8-15)24(34)28(26(4,5)6)20(23(27)33)22(32-36-28)16-9-13-18(30)14-10-16/h7-14,19-20H,1-6H3. The van der Waals surface area contributed by atoms with E-state index < -0.39 is 33.9 Å². The van der Waals surface area contributed by atoms with Gasteiger partial charge in [0.25, 0.3) is 0 Å². The second-order valence-corrected chi connectivity index (χ2v) is 13.5. The van der Waals surface area contributed by atoms with E-state index in [2.05, 4.69) is 42.2 Å². The van der Waals surface area contributed by atoms with E-state index in [4.69, 9.17) is 9.68 Å². The van der Waals surface area contributed by atoms with Crippen molar-refractivity contribution in [2.45, 2.75) is 52.7 Å². The quantitative estimate of drug-likeness (QED) is 0.395. The SMILES string of the molecule is CC(C)(C)C12ON=C(c3ccc(Br)cc3)C1C(=O)C1(C(C)(C)C)ON=C(c3ccc(Br)cc3)C1C2=O. The van der Waals surface area contributed by atoms with Crippen molar-refractivity contribution in [1.82, 2.24) is 0 Å². The highest BCUT2D eigenvalue weighted by molar-refractivity contribution is 9.10. The molecule has 2 aliphatic heterocycles. The van der Waals surface area contributed by atoms with E-state index in [-0.39, 0.29) is 11.6 Å². The number of ketones is 2. The van der Waals surface area contributed by atoms with Gasteiger partial charge in [-0.2, -0.15) is 0 Å². The van der Waals surface area contributed by atoms with Crippen LogP contribution in [0.2, 0.25) is 0 Å². The lowest BCUT2D eigenvalue weighted by Crippen LogP contribution is -2.75. The Kier molecular flexibility index (Phi) is 5.69. The Hall–Kier alpha value is -2.32. The fourth-order valence-corrected chi connectivity index (χ4v) is 6.35. The molecule has 3 aliphatic rings. The highest BCUT2D eigenvalue weighted by Crippen LogP contribution is 2.60. The summed E-state index contributed by atoms with van der Waals surface area (Å²) in [6.07, 6.45) is 0. The molecular weight excluding hydrogens is 588 g/mol. The van der Waals surface area contributed by atoms with Gasteiger partial charge in [0, 0.05) is 30.9 Å². The van der Waals surface area contributed by atoms with Crippen LogP contribution in [0.4, 0.5) is 0 Å². The first-order valence-corrected chi connectivity index (χ1v) is 13.5. The van der Waals surface area contributed by atoms with Gasteiger partial charge in [0.15, 0.2) is 11.6 Å². The molecule has 2 aromatic rings. The molecule has 0 spiro atoms. The number of fused-ring (bicyclic) bond motifs is 2. The summed E-state index contributed by atoms with van der Waals surface area (Å²) in [7, 11) is 0. The monoisotopic (exact) mass is 614 g/mol. The number of rotatable bonds is 2. The van der Waals surface area contributed by atoms with Crippen molar-refractivity contribution in [2.75, 3.05) is 0 Å². The molecule has 1 fully saturated rings. The molecule has 6 nitrogen and oxygen atoms in total. The number of halogens is 2. The number of hydrogen-bond acceptors (Lipinski definition) is 6. The first kappa shape index (κ1) is 25.3. The Balaban J connectivity index is 1.74. The smallest absolute Gasteiger partial charge is 0.216 e. The first-order valence-electron chi connectivity index (χ1n) is 11.9. The van der Waals surface area contributed by atoms with Crippen molar-refractivity contribution >= 4 is 54.8 Å². The van der Waals surface area contributed by atoms with Gasteiger partial charge in [0.05, 0.1) is 0 Å². The summed E-state index contributed by atoms with van der Waals surface area (Å²) >= 11 is 6.92. The third kappa shape index (κ3) is 3.26. The van der Waals surface area contributed by atoms with E-state index in [9.17, 15) is 9.59 Å². The van der Waals surface area contributed by atoms with Gasteiger partial charge in [-0.05, 0) is 24.3 Å². The number of benzene rings is 2. The fraction of sp³-hybridized carbons (Fsp3) is 0.429. The summed E-state index contributed by atoms with van der Waals surface area (Å²) in [4.78, 5) is 41.9. The van der Waals surface area contributed by atoms with Gasteiger partial charge in [-0.3, -0.25) is 9.59 Å². The van der Waals surface area contributed by atoms with E-state index in [1.807, 2.05) is 90.1 Å². The van der Waals surface area contributed by atoms with Crippen LogP contribution < -0.4 is 0 Å². The van der Waals surface area contributed by atoms with Crippen LogP contribution in [0.15, 0.2) is 67.8 Å². The molecule has 0 bridgehead atoms. The lowest BCUT2D eigenvalue weighted by Gasteiger charge is -2.53. The Bertz CT molecular complexity index is 1220. The lowest BCUT2D eigenvalue weighted by molar-refractivity contribution is -0.206. The Morgan fingerprint density at radius 1 is 0.639 bits per heavy atom. The summed E-state index contributed by atoms with van der Waals surface area (Å²) in [5.41, 5.74) is -2.16. The number of oxime groups is 2. The summed E-state index contributed by atoms with van der Waals surface area (Å²) < 4.78 is 1.80. The van der Waals surface area contributed by atoms with E-state index in [0.29, 0.717) is 11.4 Å². The number of nitrogens with zero attached hydrogens (tertiary/aromatic N) is 2. The molecule has 2 heterocycles. The van der Waals surface area contributed by atoms with E-state index in [0.717, 1.165) is 20.1 Å². The van der Waals surface area contributed by atoms with Gasteiger partial charge >= 0.3 is 0 Å². The second-order valence-electron chi connectivity index (χ2n) is 11.7. The predicted octanol–water partition coefficient (Wildman–Crippen LogP) is 6.33. The van der Waals surface area contributed by atoms with Crippen molar-refractivity contribution in [1.29, 1.82) is 0 Å². The van der Waals surface area contributed by atoms with Crippen LogP contribution in [0.25, 0.3) is 0 Å². The Labute approximate surface area is 227 Å². The Morgan fingerprint density at radius 2 is 0.944 bits per heavy atom. The maximum atomic E-state index is 14.8. The number of hydrogen-bond donors (Lipinski definition) is 0. The Morgan fingerprint density at radius 3 is 1.22 bits per heavy atom. The largest absolute Gasteiger partial charge is 0.379 e. The number of Topliss-reactive ketones (excluding diaryl/α,β-unsaturated/α-hetero) is 2. The molecule has 4 unspecified atom stereocenters. The summed E-state index contributed by atoms with van der Waals surface area (Å²) in [6.45, 7) is 11.5. The van der Waals surface area contributed by atoms with Crippen molar-refractivity contribution in [2.24, 2.45) is 33.0 Å². The zero-order chi connectivity index (χ0) is 26.3. The number of carbonyl (C=O) groups excluding carboxylic acids is 2. The van der Waals surface area contributed by atoms with Gasteiger partial charge in [-0.15, -0.1) is 0 Å². The summed E-state index contributed by atoms with van der Waals surface area (Å²) in [6, 6.07) is 15.0. The topological polar surface area (TPSA) is 77.3 Å². The van der Waals surface area contributed by atoms with Crippen LogP contribution in [-0.4, -0.2) is 34.2 Å². The number of carbonyl (C=O) groups is 2. The molecule has 0 aromatic heterocycles. The molecule has 188 valence electrons. The molecule has 2 aromatic carbocycles. The van der Waals surface area contributed by atoms with Crippen LogP contribution in [0.5, 0.6) is 0 Å². The molecule has 1 saturated carbocycles. The molecule has 0 saturated heterocycles. The first-order chi connectivity index (χ1) is 16.8. The van der Waals surface area contributed by atoms with E-state index in [1.54, 1.807) is 0 Å². The third-order valence-electron chi connectivity index (χ3n) is 7.70. The van der Waals surface area contributed by atoms with Crippen LogP contribution in [0, 0.1) is 22.7 Å². The fourth-order valence-electron chi connectivity index (χ4n) is 5.82. The van der Waals surface area contributed by atoms with Crippen molar-refractivity contribution in [3.05, 3.63) is 68.6 Å². The van der Waals surface area contributed by atoms with Gasteiger partial charge in [-0.25, -0.2) is 0 Å². The maximum Gasteiger partial charge on any atom is 0.216 e. The second kappa shape index (κ2) is 8.09. The molecule has 0 radical (unpaired) electrons. The van der Waals surface area contributed by atoms with Crippen LogP contribution in [-0.2, 0) is 19.3 Å². The zero-order valence-electron chi connectivity index (χ0n) is 21.1. The lowest BCUT2D eigenvalue weighted by atomic mass is 9.48. The molecular formula is C28H28Br2N2O4. The van der Waals surface area contributed by atoms with Crippen molar-refractivity contribution in [3.63, 3.8) is 0 Å². The summed E-state index contributed by atoms with van der Waals surface area (Å²) in [5.74, 6) is -2.35. The molecule has 0 N–H and O–H groups in total. The predicted molar refractivity (Wildman–Crippen MR) is 145 cm³/mol. The minimum atomic E-state index is -1.50. The highest BCUT2D eigenvalue weighted by Gasteiger charge is 2.79. The molecule has 4 atom stereocenters. The minimum absolute atomic E-state index is 0.232. The van der Waals surface area contributed by atoms with Crippen molar-refractivity contribution < 1.29 is 19.3 Å². The average Bonchev–Trinajstić information content (AvgIpc) is 3.40. The van der Waals surface area contributed by atoms with Crippen LogP contribution in [0.1, 0.15) is 52.7 Å². The van der Waals surface area contributed by atoms with Gasteiger partial charge in [-0.1, -0.05) is 108 Å². The van der Waals surface area contributed by atoms with Gasteiger partial charge < -0.3 is 9.68 Å². The normalized spacial score (nSPS) is 29.7. The van der Waals surface area contributed by atoms with Crippen LogP contribution in [0.3, 0.4) is 0 Å². The molecule has 8 heteroatoms. The highest BCUT2D eigenvalue weighted by atomic mass is 79.9. The van der Waals surface area contributed by atoms with Crippen molar-refractivity contribution in [3.8, 4) is 0 Å². The van der Waals surface area contributed by atoms with E-state index >= 15 is 0 Å². The minimum Gasteiger partial charge on any atom is -0.379 e. The van der Waals surface area contributed by atoms with Crippen LogP contribution >= 0.6 is 31.9 Å². The van der Waals surface area contributed by atoms with E-state index in [1.165, 1.54) is 0 Å². The van der Waals surface area contributed by atoms with Gasteiger partial charge in [0.2, 0.25) is 11.2 Å². The van der Waals surface area contributed by atoms with Gasteiger partial charge in [0.1, 0.15) is 23.3 Å². The molecule has 36 heavy (non-hydrogen) atoms.